The Morgan fingerprint density at radius 1 is 1.47 bits per heavy atom. The summed E-state index contributed by atoms with van der Waals surface area (Å²) in [6, 6.07) is 3.49. The van der Waals surface area contributed by atoms with E-state index in [0.29, 0.717) is 5.56 Å². The summed E-state index contributed by atoms with van der Waals surface area (Å²) in [5.74, 6) is -0.862. The third kappa shape index (κ3) is 2.74. The molecular weight excluding hydrogens is 271 g/mol. The average molecular weight is 284 g/mol. The van der Waals surface area contributed by atoms with Gasteiger partial charge in [0.1, 0.15) is 10.7 Å². The maximum absolute atomic E-state index is 13.7. The molecule has 1 aromatic heterocycles. The third-order valence-corrected chi connectivity index (χ3v) is 4.44. The molecular formula is C11H13FN4O2S. The van der Waals surface area contributed by atoms with Gasteiger partial charge in [0.05, 0.1) is 6.20 Å². The number of hydrogen-bond acceptors (Lipinski definition) is 4. The van der Waals surface area contributed by atoms with Gasteiger partial charge in [-0.3, -0.25) is 5.10 Å². The second-order valence-corrected chi connectivity index (χ2v) is 6.07. The Balaban J connectivity index is 2.31. The SMILES string of the molecule is CN(Cc1cn[nH]c1)S(=O)(=O)c1ccc(N)cc1F. The predicted molar refractivity (Wildman–Crippen MR) is 68.1 cm³/mol. The van der Waals surface area contributed by atoms with Gasteiger partial charge in [0.25, 0.3) is 0 Å². The largest absolute Gasteiger partial charge is 0.399 e. The molecule has 0 radical (unpaired) electrons. The van der Waals surface area contributed by atoms with Crippen molar-refractivity contribution in [3.05, 3.63) is 42.0 Å². The molecule has 0 amide bonds. The van der Waals surface area contributed by atoms with Crippen molar-refractivity contribution in [3.63, 3.8) is 0 Å². The Hall–Kier alpha value is -1.93. The highest BCUT2D eigenvalue weighted by atomic mass is 32.2. The number of sulfonamides is 1. The molecule has 0 saturated heterocycles. The van der Waals surface area contributed by atoms with E-state index in [9.17, 15) is 12.8 Å². The molecule has 1 heterocycles. The first-order chi connectivity index (χ1) is 8.91. The highest BCUT2D eigenvalue weighted by Gasteiger charge is 2.24. The minimum Gasteiger partial charge on any atom is -0.399 e. The highest BCUT2D eigenvalue weighted by Crippen LogP contribution is 2.21. The number of aromatic amines is 1. The van der Waals surface area contributed by atoms with E-state index in [1.807, 2.05) is 0 Å². The summed E-state index contributed by atoms with van der Waals surface area (Å²) in [6.07, 6.45) is 3.08. The van der Waals surface area contributed by atoms with Crippen molar-refractivity contribution in [1.82, 2.24) is 14.5 Å². The molecule has 0 spiro atoms. The van der Waals surface area contributed by atoms with Crippen LogP contribution >= 0.6 is 0 Å². The zero-order valence-corrected chi connectivity index (χ0v) is 11.0. The first-order valence-electron chi connectivity index (χ1n) is 5.40. The van der Waals surface area contributed by atoms with Crippen LogP contribution in [0.3, 0.4) is 0 Å². The lowest BCUT2D eigenvalue weighted by atomic mass is 10.3. The van der Waals surface area contributed by atoms with Crippen LogP contribution in [0.4, 0.5) is 10.1 Å². The fraction of sp³-hybridized carbons (Fsp3) is 0.182. The van der Waals surface area contributed by atoms with Crippen molar-refractivity contribution < 1.29 is 12.8 Å². The van der Waals surface area contributed by atoms with Crippen LogP contribution in [-0.2, 0) is 16.6 Å². The van der Waals surface area contributed by atoms with Gasteiger partial charge in [-0.1, -0.05) is 0 Å². The lowest BCUT2D eigenvalue weighted by Crippen LogP contribution is -2.27. The summed E-state index contributed by atoms with van der Waals surface area (Å²) in [4.78, 5) is -0.396. The lowest BCUT2D eigenvalue weighted by Gasteiger charge is -2.16. The molecule has 0 unspecified atom stereocenters. The molecule has 3 N–H and O–H groups in total. The zero-order chi connectivity index (χ0) is 14.0. The van der Waals surface area contributed by atoms with E-state index in [0.717, 1.165) is 16.4 Å². The van der Waals surface area contributed by atoms with Crippen molar-refractivity contribution >= 4 is 15.7 Å². The molecule has 0 fully saturated rings. The van der Waals surface area contributed by atoms with Gasteiger partial charge in [0, 0.05) is 31.0 Å². The van der Waals surface area contributed by atoms with E-state index >= 15 is 0 Å². The normalized spacial score (nSPS) is 11.9. The molecule has 0 aliphatic carbocycles. The lowest BCUT2D eigenvalue weighted by molar-refractivity contribution is 0.460. The number of nitrogens with zero attached hydrogens (tertiary/aromatic N) is 2. The number of H-pyrrole nitrogens is 1. The molecule has 0 aliphatic rings. The molecule has 19 heavy (non-hydrogen) atoms. The van der Waals surface area contributed by atoms with Crippen LogP contribution in [0.25, 0.3) is 0 Å². The van der Waals surface area contributed by atoms with Crippen molar-refractivity contribution in [1.29, 1.82) is 0 Å². The number of nitrogens with two attached hydrogens (primary N) is 1. The van der Waals surface area contributed by atoms with Crippen molar-refractivity contribution in [2.45, 2.75) is 11.4 Å². The van der Waals surface area contributed by atoms with Crippen LogP contribution in [0.1, 0.15) is 5.56 Å². The van der Waals surface area contributed by atoms with Crippen LogP contribution in [0, 0.1) is 5.82 Å². The van der Waals surface area contributed by atoms with Gasteiger partial charge in [-0.2, -0.15) is 9.40 Å². The summed E-state index contributed by atoms with van der Waals surface area (Å²) >= 11 is 0. The van der Waals surface area contributed by atoms with Gasteiger partial charge in [0.15, 0.2) is 0 Å². The first kappa shape index (κ1) is 13.5. The summed E-state index contributed by atoms with van der Waals surface area (Å²) in [5.41, 5.74) is 6.25. The van der Waals surface area contributed by atoms with E-state index in [4.69, 9.17) is 5.73 Å². The topological polar surface area (TPSA) is 92.1 Å². The van der Waals surface area contributed by atoms with E-state index in [1.54, 1.807) is 6.20 Å². The third-order valence-electron chi connectivity index (χ3n) is 2.60. The van der Waals surface area contributed by atoms with Crippen LogP contribution < -0.4 is 5.73 Å². The maximum Gasteiger partial charge on any atom is 0.246 e. The second-order valence-electron chi connectivity index (χ2n) is 4.06. The fourth-order valence-corrected chi connectivity index (χ4v) is 2.80. The van der Waals surface area contributed by atoms with E-state index in [2.05, 4.69) is 10.2 Å². The van der Waals surface area contributed by atoms with E-state index in [-0.39, 0.29) is 12.2 Å². The molecule has 102 valence electrons. The predicted octanol–water partition coefficient (Wildman–Crippen LogP) is 0.952. The molecule has 6 nitrogen and oxygen atoms in total. The molecule has 1 aromatic carbocycles. The standard InChI is InChI=1S/C11H13FN4O2S/c1-16(7-8-5-14-15-6-8)19(17,18)11-3-2-9(13)4-10(11)12/h2-6H,7,13H2,1H3,(H,14,15). The van der Waals surface area contributed by atoms with Gasteiger partial charge < -0.3 is 5.73 Å². The number of aromatic nitrogens is 2. The Morgan fingerprint density at radius 2 is 2.21 bits per heavy atom. The Kier molecular flexibility index (Phi) is 3.54. The number of benzene rings is 1. The molecule has 2 rings (SSSR count). The van der Waals surface area contributed by atoms with E-state index in [1.165, 1.54) is 19.3 Å². The quantitative estimate of drug-likeness (QED) is 0.818. The summed E-state index contributed by atoms with van der Waals surface area (Å²) in [5, 5.41) is 6.31. The number of hydrogen-bond donors (Lipinski definition) is 2. The van der Waals surface area contributed by atoms with Crippen LogP contribution in [0.2, 0.25) is 0 Å². The maximum atomic E-state index is 13.7. The summed E-state index contributed by atoms with van der Waals surface area (Å²) in [6.45, 7) is 0.0999. The number of nitrogens with one attached hydrogen (secondary N) is 1. The monoisotopic (exact) mass is 284 g/mol. The summed E-state index contributed by atoms with van der Waals surface area (Å²) < 4.78 is 39.1. The van der Waals surface area contributed by atoms with Crippen molar-refractivity contribution in [2.75, 3.05) is 12.8 Å². The molecule has 0 aliphatic heterocycles. The van der Waals surface area contributed by atoms with Crippen molar-refractivity contribution in [2.24, 2.45) is 0 Å². The van der Waals surface area contributed by atoms with Crippen LogP contribution in [0.15, 0.2) is 35.5 Å². The number of rotatable bonds is 4. The highest BCUT2D eigenvalue weighted by molar-refractivity contribution is 7.89. The number of anilines is 1. The Labute approximate surface area is 110 Å². The van der Waals surface area contributed by atoms with Gasteiger partial charge in [-0.15, -0.1) is 0 Å². The van der Waals surface area contributed by atoms with Crippen molar-refractivity contribution in [3.8, 4) is 0 Å². The summed E-state index contributed by atoms with van der Waals surface area (Å²) in [7, 11) is -2.53. The minimum atomic E-state index is -3.90. The van der Waals surface area contributed by atoms with E-state index < -0.39 is 20.7 Å². The molecule has 0 saturated carbocycles. The Morgan fingerprint density at radius 3 is 2.79 bits per heavy atom. The van der Waals surface area contributed by atoms with Crippen LogP contribution in [0.5, 0.6) is 0 Å². The van der Waals surface area contributed by atoms with Crippen LogP contribution in [-0.4, -0.2) is 30.0 Å². The Bertz CT molecular complexity index is 670. The molecule has 2 aromatic rings. The fourth-order valence-electron chi connectivity index (χ4n) is 1.60. The van der Waals surface area contributed by atoms with Gasteiger partial charge in [-0.05, 0) is 18.2 Å². The van der Waals surface area contributed by atoms with Gasteiger partial charge in [0.2, 0.25) is 10.0 Å². The molecule has 0 atom stereocenters. The number of halogens is 1. The van der Waals surface area contributed by atoms with Gasteiger partial charge >= 0.3 is 0 Å². The molecule has 8 heteroatoms. The first-order valence-corrected chi connectivity index (χ1v) is 6.84. The zero-order valence-electron chi connectivity index (χ0n) is 10.2. The second kappa shape index (κ2) is 4.98. The minimum absolute atomic E-state index is 0.0999. The molecule has 0 bridgehead atoms. The average Bonchev–Trinajstić information content (AvgIpc) is 2.81. The number of nitrogen functional groups attached to an aromatic ring is 1. The smallest absolute Gasteiger partial charge is 0.246 e. The van der Waals surface area contributed by atoms with Gasteiger partial charge in [-0.25, -0.2) is 12.8 Å².